The number of carbonyl (C=O) groups is 2. The van der Waals surface area contributed by atoms with Crippen molar-refractivity contribution >= 4 is 12.0 Å². The average Bonchev–Trinajstić information content (AvgIpc) is 2.44. The maximum Gasteiger partial charge on any atom is 0.315 e. The summed E-state index contributed by atoms with van der Waals surface area (Å²) in [6, 6.07) is 9.84. The van der Waals surface area contributed by atoms with Crippen LogP contribution in [0, 0.1) is 0 Å². The lowest BCUT2D eigenvalue weighted by Crippen LogP contribution is -2.43. The summed E-state index contributed by atoms with van der Waals surface area (Å²) in [4.78, 5) is 22.0. The second kappa shape index (κ2) is 8.96. The molecule has 0 bridgehead atoms. The van der Waals surface area contributed by atoms with Gasteiger partial charge in [0.25, 0.3) is 0 Å². The molecule has 1 aromatic rings. The van der Waals surface area contributed by atoms with E-state index in [0.717, 1.165) is 12.8 Å². The Balaban J connectivity index is 2.29. The standard InChI is InChI=1S/C15H22N2O3/c1-2-13(11-12-7-4-3-5-8-12)17-15(20)16-10-6-9-14(18)19/h3-5,7-8,13H,2,6,9-11H2,1H3,(H,18,19)(H2,16,17,20). The summed E-state index contributed by atoms with van der Waals surface area (Å²) in [5, 5.41) is 14.1. The first-order valence-corrected chi connectivity index (χ1v) is 6.92. The minimum absolute atomic E-state index is 0.0709. The minimum Gasteiger partial charge on any atom is -0.481 e. The third kappa shape index (κ3) is 6.78. The van der Waals surface area contributed by atoms with Crippen molar-refractivity contribution in [3.05, 3.63) is 35.9 Å². The van der Waals surface area contributed by atoms with Crippen molar-refractivity contribution in [2.45, 2.75) is 38.6 Å². The number of rotatable bonds is 8. The maximum atomic E-state index is 11.7. The van der Waals surface area contributed by atoms with Crippen LogP contribution in [0.15, 0.2) is 30.3 Å². The van der Waals surface area contributed by atoms with Crippen molar-refractivity contribution < 1.29 is 14.7 Å². The van der Waals surface area contributed by atoms with E-state index < -0.39 is 5.97 Å². The van der Waals surface area contributed by atoms with Crippen LogP contribution >= 0.6 is 0 Å². The monoisotopic (exact) mass is 278 g/mol. The SMILES string of the molecule is CCC(Cc1ccccc1)NC(=O)NCCCC(=O)O. The Morgan fingerprint density at radius 2 is 1.95 bits per heavy atom. The molecule has 0 aliphatic heterocycles. The lowest BCUT2D eigenvalue weighted by Gasteiger charge is -2.17. The van der Waals surface area contributed by atoms with Crippen LogP contribution in [-0.2, 0) is 11.2 Å². The van der Waals surface area contributed by atoms with E-state index in [1.165, 1.54) is 5.56 Å². The van der Waals surface area contributed by atoms with Gasteiger partial charge in [-0.3, -0.25) is 4.79 Å². The Hall–Kier alpha value is -2.04. The summed E-state index contributed by atoms with van der Waals surface area (Å²) in [6.45, 7) is 2.40. The van der Waals surface area contributed by atoms with Gasteiger partial charge in [0, 0.05) is 19.0 Å². The third-order valence-corrected chi connectivity index (χ3v) is 3.01. The van der Waals surface area contributed by atoms with Gasteiger partial charge in [-0.2, -0.15) is 0 Å². The molecule has 0 fully saturated rings. The predicted molar refractivity (Wildman–Crippen MR) is 77.6 cm³/mol. The Morgan fingerprint density at radius 3 is 2.55 bits per heavy atom. The Kier molecular flexibility index (Phi) is 7.17. The molecule has 1 unspecified atom stereocenters. The molecular weight excluding hydrogens is 256 g/mol. The summed E-state index contributed by atoms with van der Waals surface area (Å²) >= 11 is 0. The van der Waals surface area contributed by atoms with Crippen LogP contribution in [0.4, 0.5) is 4.79 Å². The summed E-state index contributed by atoms with van der Waals surface area (Å²) in [5.74, 6) is -0.845. The fourth-order valence-corrected chi connectivity index (χ4v) is 1.87. The van der Waals surface area contributed by atoms with E-state index in [2.05, 4.69) is 10.6 Å². The van der Waals surface area contributed by atoms with Crippen LogP contribution in [-0.4, -0.2) is 29.7 Å². The second-order valence-electron chi connectivity index (χ2n) is 4.69. The topological polar surface area (TPSA) is 78.4 Å². The molecule has 3 N–H and O–H groups in total. The van der Waals surface area contributed by atoms with Crippen LogP contribution in [0.1, 0.15) is 31.7 Å². The summed E-state index contributed by atoms with van der Waals surface area (Å²) in [7, 11) is 0. The first-order chi connectivity index (χ1) is 9.61. The fraction of sp³-hybridized carbons (Fsp3) is 0.467. The van der Waals surface area contributed by atoms with Gasteiger partial charge in [0.2, 0.25) is 0 Å². The lowest BCUT2D eigenvalue weighted by atomic mass is 10.0. The molecule has 0 aliphatic carbocycles. The summed E-state index contributed by atoms with van der Waals surface area (Å²) < 4.78 is 0. The molecule has 5 heteroatoms. The van der Waals surface area contributed by atoms with Gasteiger partial charge in [0.05, 0.1) is 0 Å². The predicted octanol–water partition coefficient (Wildman–Crippen LogP) is 2.17. The molecule has 2 amide bonds. The number of nitrogens with one attached hydrogen (secondary N) is 2. The zero-order valence-electron chi connectivity index (χ0n) is 11.8. The molecule has 0 radical (unpaired) electrons. The molecule has 110 valence electrons. The van der Waals surface area contributed by atoms with E-state index in [1.807, 2.05) is 37.3 Å². The van der Waals surface area contributed by atoms with Crippen molar-refractivity contribution in [3.8, 4) is 0 Å². The van der Waals surface area contributed by atoms with E-state index in [1.54, 1.807) is 0 Å². The van der Waals surface area contributed by atoms with Gasteiger partial charge >= 0.3 is 12.0 Å². The molecule has 0 saturated heterocycles. The molecule has 0 heterocycles. The van der Waals surface area contributed by atoms with E-state index in [0.29, 0.717) is 13.0 Å². The van der Waals surface area contributed by atoms with Crippen molar-refractivity contribution in [2.24, 2.45) is 0 Å². The van der Waals surface area contributed by atoms with E-state index in [4.69, 9.17) is 5.11 Å². The van der Waals surface area contributed by atoms with Crippen molar-refractivity contribution in [1.29, 1.82) is 0 Å². The van der Waals surface area contributed by atoms with Gasteiger partial charge in [0.15, 0.2) is 0 Å². The number of carbonyl (C=O) groups excluding carboxylic acids is 1. The number of amides is 2. The molecular formula is C15H22N2O3. The van der Waals surface area contributed by atoms with Gasteiger partial charge < -0.3 is 15.7 Å². The molecule has 5 nitrogen and oxygen atoms in total. The van der Waals surface area contributed by atoms with Gasteiger partial charge in [0.1, 0.15) is 0 Å². The highest BCUT2D eigenvalue weighted by Crippen LogP contribution is 2.05. The van der Waals surface area contributed by atoms with E-state index in [-0.39, 0.29) is 18.5 Å². The molecule has 0 aromatic heterocycles. The number of carboxylic acids is 1. The maximum absolute atomic E-state index is 11.7. The van der Waals surface area contributed by atoms with Gasteiger partial charge in [-0.15, -0.1) is 0 Å². The summed E-state index contributed by atoms with van der Waals surface area (Å²) in [6.07, 6.45) is 2.15. The number of aliphatic carboxylic acids is 1. The largest absolute Gasteiger partial charge is 0.481 e. The van der Waals surface area contributed by atoms with E-state index >= 15 is 0 Å². The van der Waals surface area contributed by atoms with Gasteiger partial charge in [-0.1, -0.05) is 37.3 Å². The number of hydrogen-bond donors (Lipinski definition) is 3. The Labute approximate surface area is 119 Å². The Morgan fingerprint density at radius 1 is 1.25 bits per heavy atom. The van der Waals surface area contributed by atoms with Crippen molar-refractivity contribution in [2.75, 3.05) is 6.54 Å². The second-order valence-corrected chi connectivity index (χ2v) is 4.69. The molecule has 1 atom stereocenters. The first-order valence-electron chi connectivity index (χ1n) is 6.92. The van der Waals surface area contributed by atoms with Gasteiger partial charge in [-0.05, 0) is 24.8 Å². The molecule has 0 aliphatic rings. The van der Waals surface area contributed by atoms with Gasteiger partial charge in [-0.25, -0.2) is 4.79 Å². The molecule has 1 aromatic carbocycles. The molecule has 1 rings (SSSR count). The lowest BCUT2D eigenvalue weighted by molar-refractivity contribution is -0.137. The van der Waals surface area contributed by atoms with E-state index in [9.17, 15) is 9.59 Å². The van der Waals surface area contributed by atoms with Crippen LogP contribution in [0.5, 0.6) is 0 Å². The molecule has 20 heavy (non-hydrogen) atoms. The first kappa shape index (κ1) is 16.0. The van der Waals surface area contributed by atoms with Crippen molar-refractivity contribution in [3.63, 3.8) is 0 Å². The highest BCUT2D eigenvalue weighted by molar-refractivity contribution is 5.74. The van der Waals surface area contributed by atoms with Crippen LogP contribution < -0.4 is 10.6 Å². The molecule has 0 saturated carbocycles. The number of carboxylic acid groups (broad SMARTS) is 1. The zero-order chi connectivity index (χ0) is 14.8. The number of benzene rings is 1. The zero-order valence-corrected chi connectivity index (χ0v) is 11.8. The van der Waals surface area contributed by atoms with Crippen LogP contribution in [0.25, 0.3) is 0 Å². The third-order valence-electron chi connectivity index (χ3n) is 3.01. The number of hydrogen-bond acceptors (Lipinski definition) is 2. The fourth-order valence-electron chi connectivity index (χ4n) is 1.87. The normalized spacial score (nSPS) is 11.7. The van der Waals surface area contributed by atoms with Crippen LogP contribution in [0.2, 0.25) is 0 Å². The highest BCUT2D eigenvalue weighted by atomic mass is 16.4. The number of urea groups is 1. The molecule has 0 spiro atoms. The highest BCUT2D eigenvalue weighted by Gasteiger charge is 2.10. The summed E-state index contributed by atoms with van der Waals surface area (Å²) in [5.41, 5.74) is 1.19. The quantitative estimate of drug-likeness (QED) is 0.638. The minimum atomic E-state index is -0.845. The van der Waals surface area contributed by atoms with Crippen LogP contribution in [0.3, 0.4) is 0 Å². The average molecular weight is 278 g/mol. The smallest absolute Gasteiger partial charge is 0.315 e. The Bertz CT molecular complexity index is 420. The van der Waals surface area contributed by atoms with Crippen molar-refractivity contribution in [1.82, 2.24) is 10.6 Å².